The van der Waals surface area contributed by atoms with Gasteiger partial charge < -0.3 is 18.5 Å². The molecule has 3 rings (SSSR count). The summed E-state index contributed by atoms with van der Waals surface area (Å²) in [7, 11) is -4.23. The highest BCUT2D eigenvalue weighted by atomic mass is 31.2. The van der Waals surface area contributed by atoms with Crippen LogP contribution in [0.3, 0.4) is 0 Å². The van der Waals surface area contributed by atoms with Crippen LogP contribution in [0, 0.1) is 20.8 Å². The maximum absolute atomic E-state index is 14.7. The number of ether oxygens (including phenoxy) is 2. The van der Waals surface area contributed by atoms with Crippen LogP contribution < -0.4 is 23.8 Å². The molecule has 0 amide bonds. The Kier molecular flexibility index (Phi) is 8.41. The third-order valence-electron chi connectivity index (χ3n) is 5.15. The molecule has 0 aliphatic rings. The van der Waals surface area contributed by atoms with Gasteiger partial charge in [-0.05, 0) is 70.0 Å². The van der Waals surface area contributed by atoms with Crippen molar-refractivity contribution in [3.05, 3.63) is 102 Å². The highest BCUT2D eigenvalue weighted by Gasteiger charge is 2.37. The van der Waals surface area contributed by atoms with Crippen molar-refractivity contribution in [1.82, 2.24) is 0 Å². The van der Waals surface area contributed by atoms with Gasteiger partial charge in [0.1, 0.15) is 0 Å². The van der Waals surface area contributed by atoms with Gasteiger partial charge in [-0.3, -0.25) is 0 Å². The maximum atomic E-state index is 14.7. The van der Waals surface area contributed by atoms with Crippen molar-refractivity contribution in [2.75, 3.05) is 0 Å². The summed E-state index contributed by atoms with van der Waals surface area (Å²) in [5.41, 5.74) is 2.69. The van der Waals surface area contributed by atoms with Gasteiger partial charge in [0.25, 0.3) is 0 Å². The number of hydrogen-bond donors (Lipinski definition) is 0. The smallest absolute Gasteiger partial charge is 0.419 e. The minimum Gasteiger partial charge on any atom is -0.419 e. The van der Waals surface area contributed by atoms with Crippen molar-refractivity contribution in [2.45, 2.75) is 34.6 Å². The maximum Gasteiger partial charge on any atom is 0.463 e. The minimum absolute atomic E-state index is 0.0243. The van der Waals surface area contributed by atoms with E-state index in [0.29, 0.717) is 16.4 Å². The number of esters is 2. The summed E-state index contributed by atoms with van der Waals surface area (Å²) in [5, 5.41) is 0.333. The fraction of sp³-hybridized carbons (Fsp3) is 0.172. The van der Waals surface area contributed by atoms with Gasteiger partial charge in [0.2, 0.25) is 0 Å². The summed E-state index contributed by atoms with van der Waals surface area (Å²) in [6.45, 7) is 15.7. The molecule has 0 aliphatic carbocycles. The molecule has 0 aliphatic heterocycles. The van der Waals surface area contributed by atoms with E-state index in [4.69, 9.17) is 18.5 Å². The van der Waals surface area contributed by atoms with Gasteiger partial charge in [-0.25, -0.2) is 14.2 Å². The highest BCUT2D eigenvalue weighted by Crippen LogP contribution is 2.52. The summed E-state index contributed by atoms with van der Waals surface area (Å²) in [6, 6.07) is 16.4. The molecule has 0 heterocycles. The predicted molar refractivity (Wildman–Crippen MR) is 143 cm³/mol. The number of carbonyl (C=O) groups is 2. The second-order valence-electron chi connectivity index (χ2n) is 8.66. The van der Waals surface area contributed by atoms with Gasteiger partial charge in [0, 0.05) is 11.1 Å². The molecule has 3 aromatic carbocycles. The molecule has 7 nitrogen and oxygen atoms in total. The van der Waals surface area contributed by atoms with Gasteiger partial charge in [-0.15, -0.1) is 0 Å². The highest BCUT2D eigenvalue weighted by molar-refractivity contribution is 7.63. The monoisotopic (exact) mass is 520 g/mol. The van der Waals surface area contributed by atoms with Gasteiger partial charge in [0.15, 0.2) is 23.0 Å². The molecule has 0 unspecified atom stereocenters. The molecule has 3 aromatic rings. The lowest BCUT2D eigenvalue weighted by Gasteiger charge is -2.25. The summed E-state index contributed by atoms with van der Waals surface area (Å²) in [6.07, 6.45) is 0. The van der Waals surface area contributed by atoms with Crippen LogP contribution in [0.5, 0.6) is 23.0 Å². The van der Waals surface area contributed by atoms with Crippen LogP contribution in [0.15, 0.2) is 85.0 Å². The summed E-state index contributed by atoms with van der Waals surface area (Å²) in [5.74, 6) is -1.18. The molecular formula is C29H29O7P. The Bertz CT molecular complexity index is 1340. The first kappa shape index (κ1) is 27.5. The first-order valence-electron chi connectivity index (χ1n) is 11.4. The Morgan fingerprint density at radius 2 is 1.03 bits per heavy atom. The van der Waals surface area contributed by atoms with E-state index in [1.807, 2.05) is 19.1 Å². The first-order chi connectivity index (χ1) is 17.4. The van der Waals surface area contributed by atoms with Crippen molar-refractivity contribution < 1.29 is 32.7 Å². The number of hydrogen-bond acceptors (Lipinski definition) is 7. The Labute approximate surface area is 216 Å². The molecule has 0 N–H and O–H groups in total. The number of aryl methyl sites for hydroxylation is 3. The number of carbonyl (C=O) groups excluding carboxylic acids is 2. The molecule has 8 heteroatoms. The number of para-hydroxylation sites is 4. The first-order valence-corrected chi connectivity index (χ1v) is 13.0. The average molecular weight is 521 g/mol. The quantitative estimate of drug-likeness (QED) is 0.137. The normalized spacial score (nSPS) is 10.8. The van der Waals surface area contributed by atoms with Crippen LogP contribution in [0.1, 0.15) is 30.5 Å². The standard InChI is InChI=1S/C29H29O7P/c1-18(2)28(30)33-23-12-8-10-14-25(23)35-37(32,27-21(6)16-20(5)17-22(27)7)36-26-15-11-9-13-24(26)34-29(31)19(3)4/h8-17H,1,3H2,2,4-7H3. The molecule has 0 fully saturated rings. The van der Waals surface area contributed by atoms with E-state index in [9.17, 15) is 14.2 Å². The molecule has 192 valence electrons. The van der Waals surface area contributed by atoms with Crippen molar-refractivity contribution in [3.63, 3.8) is 0 Å². The zero-order valence-corrected chi connectivity index (χ0v) is 22.4. The molecule has 0 spiro atoms. The van der Waals surface area contributed by atoms with Gasteiger partial charge in [-0.1, -0.05) is 55.1 Å². The summed E-state index contributed by atoms with van der Waals surface area (Å²) in [4.78, 5) is 24.4. The van der Waals surface area contributed by atoms with Crippen LogP contribution >= 0.6 is 7.60 Å². The topological polar surface area (TPSA) is 88.1 Å². The SMILES string of the molecule is C=C(C)C(=O)Oc1ccccc1OP(=O)(Oc1ccccc1OC(=O)C(=C)C)c1c(C)cc(C)cc1C. The predicted octanol–water partition coefficient (Wildman–Crippen LogP) is 6.55. The molecule has 0 saturated carbocycles. The van der Waals surface area contributed by atoms with E-state index in [1.165, 1.54) is 38.1 Å². The van der Waals surface area contributed by atoms with E-state index in [-0.39, 0.29) is 34.1 Å². The van der Waals surface area contributed by atoms with E-state index in [1.54, 1.807) is 38.1 Å². The molecule has 0 bridgehead atoms. The lowest BCUT2D eigenvalue weighted by atomic mass is 10.1. The van der Waals surface area contributed by atoms with Crippen LogP contribution in [0.25, 0.3) is 0 Å². The molecule has 0 radical (unpaired) electrons. The van der Waals surface area contributed by atoms with Crippen LogP contribution in [-0.4, -0.2) is 11.9 Å². The fourth-order valence-electron chi connectivity index (χ4n) is 3.57. The molecule has 37 heavy (non-hydrogen) atoms. The van der Waals surface area contributed by atoms with E-state index >= 15 is 0 Å². The van der Waals surface area contributed by atoms with Crippen molar-refractivity contribution in [1.29, 1.82) is 0 Å². The second-order valence-corrected chi connectivity index (χ2v) is 10.5. The van der Waals surface area contributed by atoms with Crippen molar-refractivity contribution in [2.24, 2.45) is 0 Å². The van der Waals surface area contributed by atoms with E-state index < -0.39 is 19.5 Å². The zero-order valence-electron chi connectivity index (χ0n) is 21.5. The second kappa shape index (κ2) is 11.3. The zero-order chi connectivity index (χ0) is 27.3. The lowest BCUT2D eigenvalue weighted by Crippen LogP contribution is -2.21. The Morgan fingerprint density at radius 3 is 1.38 bits per heavy atom. The van der Waals surface area contributed by atoms with Gasteiger partial charge in [-0.2, -0.15) is 0 Å². The Balaban J connectivity index is 2.15. The number of rotatable bonds is 9. The average Bonchev–Trinajstić information content (AvgIpc) is 2.80. The molecule has 0 atom stereocenters. The van der Waals surface area contributed by atoms with E-state index in [2.05, 4.69) is 13.2 Å². The van der Waals surface area contributed by atoms with Crippen molar-refractivity contribution >= 4 is 24.8 Å². The molecule has 0 aromatic heterocycles. The largest absolute Gasteiger partial charge is 0.463 e. The molecular weight excluding hydrogens is 491 g/mol. The summed E-state index contributed by atoms with van der Waals surface area (Å²) >= 11 is 0. The summed E-state index contributed by atoms with van der Waals surface area (Å²) < 4.78 is 37.7. The molecule has 0 saturated heterocycles. The van der Waals surface area contributed by atoms with Crippen LogP contribution in [0.4, 0.5) is 0 Å². The minimum atomic E-state index is -4.23. The van der Waals surface area contributed by atoms with Gasteiger partial charge >= 0.3 is 19.5 Å². The number of benzene rings is 3. The Hall–Kier alpha value is -4.09. The van der Waals surface area contributed by atoms with Gasteiger partial charge in [0.05, 0.1) is 5.30 Å². The Morgan fingerprint density at radius 1 is 0.676 bits per heavy atom. The van der Waals surface area contributed by atoms with Crippen molar-refractivity contribution in [3.8, 4) is 23.0 Å². The van der Waals surface area contributed by atoms with Crippen LogP contribution in [0.2, 0.25) is 0 Å². The van der Waals surface area contributed by atoms with E-state index in [0.717, 1.165) is 5.56 Å². The fourth-order valence-corrected chi connectivity index (χ4v) is 5.60. The third-order valence-corrected chi connectivity index (χ3v) is 7.27. The lowest BCUT2D eigenvalue weighted by molar-refractivity contribution is -0.131. The van der Waals surface area contributed by atoms with Crippen LogP contribution in [-0.2, 0) is 14.2 Å². The third kappa shape index (κ3) is 6.57.